The van der Waals surface area contributed by atoms with Gasteiger partial charge in [-0.05, 0) is 19.1 Å². The van der Waals surface area contributed by atoms with Crippen LogP contribution in [-0.2, 0) is 0 Å². The monoisotopic (exact) mass is 178 g/mol. The molecule has 0 aromatic carbocycles. The Bertz CT molecular complexity index is 408. The second kappa shape index (κ2) is 2.97. The van der Waals surface area contributed by atoms with Crippen molar-refractivity contribution >= 4 is 0 Å². The first-order valence-electron chi connectivity index (χ1n) is 3.80. The van der Waals surface area contributed by atoms with Crippen LogP contribution in [-0.4, -0.2) is 9.97 Å². The third kappa shape index (κ3) is 1.56. The van der Waals surface area contributed by atoms with E-state index < -0.39 is 0 Å². The lowest BCUT2D eigenvalue weighted by Crippen LogP contribution is -1.83. The molecule has 0 fully saturated rings. The van der Waals surface area contributed by atoms with E-state index in [1.807, 2.05) is 0 Å². The molecule has 0 atom stereocenters. The summed E-state index contributed by atoms with van der Waals surface area (Å²) in [7, 11) is 0. The van der Waals surface area contributed by atoms with Gasteiger partial charge in [0.1, 0.15) is 17.3 Å². The Kier molecular flexibility index (Phi) is 1.81. The van der Waals surface area contributed by atoms with E-state index >= 15 is 0 Å². The van der Waals surface area contributed by atoms with Crippen LogP contribution in [0.15, 0.2) is 28.9 Å². The Labute approximate surface area is 74.3 Å². The molecule has 0 unspecified atom stereocenters. The zero-order valence-corrected chi connectivity index (χ0v) is 6.99. The number of rotatable bonds is 1. The second-order valence-electron chi connectivity index (χ2n) is 2.64. The maximum absolute atomic E-state index is 12.5. The number of hydrogen-bond donors (Lipinski definition) is 0. The Morgan fingerprint density at radius 3 is 2.62 bits per heavy atom. The minimum Gasteiger partial charge on any atom is -0.440 e. The van der Waals surface area contributed by atoms with Gasteiger partial charge >= 0.3 is 0 Å². The number of pyridine rings is 1. The molecule has 13 heavy (non-hydrogen) atoms. The minimum atomic E-state index is -0.368. The lowest BCUT2D eigenvalue weighted by molar-refractivity contribution is 0.539. The summed E-state index contributed by atoms with van der Waals surface area (Å²) in [5.74, 6) is 0.755. The number of halogens is 1. The predicted molar refractivity (Wildman–Crippen MR) is 44.4 cm³/mol. The van der Waals surface area contributed by atoms with Crippen LogP contribution < -0.4 is 0 Å². The van der Waals surface area contributed by atoms with Gasteiger partial charge in [0.05, 0.1) is 12.4 Å². The molecule has 2 heterocycles. The van der Waals surface area contributed by atoms with Crippen molar-refractivity contribution in [3.05, 3.63) is 36.1 Å². The van der Waals surface area contributed by atoms with Crippen molar-refractivity contribution in [1.82, 2.24) is 9.97 Å². The van der Waals surface area contributed by atoms with Gasteiger partial charge in [0.25, 0.3) is 0 Å². The van der Waals surface area contributed by atoms with Gasteiger partial charge in [-0.25, -0.2) is 14.4 Å². The van der Waals surface area contributed by atoms with E-state index in [1.54, 1.807) is 13.1 Å². The van der Waals surface area contributed by atoms with Gasteiger partial charge in [-0.15, -0.1) is 0 Å². The summed E-state index contributed by atoms with van der Waals surface area (Å²) in [6.07, 6.45) is 2.73. The molecule has 3 nitrogen and oxygen atoms in total. The maximum atomic E-state index is 12.5. The zero-order chi connectivity index (χ0) is 9.26. The summed E-state index contributed by atoms with van der Waals surface area (Å²) >= 11 is 0. The summed E-state index contributed by atoms with van der Waals surface area (Å²) in [6, 6.07) is 2.85. The quantitative estimate of drug-likeness (QED) is 0.671. The van der Waals surface area contributed by atoms with Crippen molar-refractivity contribution in [3.8, 4) is 11.6 Å². The predicted octanol–water partition coefficient (Wildman–Crippen LogP) is 2.18. The van der Waals surface area contributed by atoms with Crippen LogP contribution in [0.5, 0.6) is 0 Å². The number of aryl methyl sites for hydroxylation is 1. The largest absolute Gasteiger partial charge is 0.440 e. The van der Waals surface area contributed by atoms with Crippen molar-refractivity contribution in [2.75, 3.05) is 0 Å². The van der Waals surface area contributed by atoms with Crippen LogP contribution in [0.1, 0.15) is 5.76 Å². The fourth-order valence-corrected chi connectivity index (χ4v) is 0.975. The molecule has 0 aliphatic heterocycles. The summed E-state index contributed by atoms with van der Waals surface area (Å²) < 4.78 is 17.7. The van der Waals surface area contributed by atoms with Crippen LogP contribution in [0.3, 0.4) is 0 Å². The summed E-state index contributed by atoms with van der Waals surface area (Å²) in [4.78, 5) is 7.79. The van der Waals surface area contributed by atoms with Gasteiger partial charge in [-0.3, -0.25) is 0 Å². The minimum absolute atomic E-state index is 0.368. The fraction of sp³-hybridized carbons (Fsp3) is 0.111. The van der Waals surface area contributed by atoms with E-state index in [2.05, 4.69) is 9.97 Å². The smallest absolute Gasteiger partial charge is 0.245 e. The SMILES string of the molecule is Cc1cnc(-c2ccc(F)cn2)o1. The molecule has 66 valence electrons. The van der Waals surface area contributed by atoms with E-state index in [-0.39, 0.29) is 5.82 Å². The van der Waals surface area contributed by atoms with Gasteiger partial charge in [0.15, 0.2) is 0 Å². The molecular weight excluding hydrogens is 171 g/mol. The van der Waals surface area contributed by atoms with E-state index in [1.165, 1.54) is 12.1 Å². The van der Waals surface area contributed by atoms with Crippen molar-refractivity contribution in [3.63, 3.8) is 0 Å². The molecule has 2 rings (SSSR count). The van der Waals surface area contributed by atoms with Crippen molar-refractivity contribution in [1.29, 1.82) is 0 Å². The number of oxazole rings is 1. The fourth-order valence-electron chi connectivity index (χ4n) is 0.975. The molecule has 0 aliphatic rings. The van der Waals surface area contributed by atoms with Crippen LogP contribution in [0.4, 0.5) is 4.39 Å². The Hall–Kier alpha value is -1.71. The number of hydrogen-bond acceptors (Lipinski definition) is 3. The lowest BCUT2D eigenvalue weighted by Gasteiger charge is -1.92. The molecule has 0 radical (unpaired) electrons. The first-order valence-corrected chi connectivity index (χ1v) is 3.80. The van der Waals surface area contributed by atoms with Gasteiger partial charge in [-0.2, -0.15) is 0 Å². The highest BCUT2D eigenvalue weighted by atomic mass is 19.1. The molecular formula is C9H7FN2O. The molecule has 0 aliphatic carbocycles. The van der Waals surface area contributed by atoms with E-state index in [0.717, 1.165) is 6.20 Å². The standard InChI is InChI=1S/C9H7FN2O/c1-6-4-12-9(13-6)8-3-2-7(10)5-11-8/h2-5H,1H3. The van der Waals surface area contributed by atoms with Gasteiger partial charge in [-0.1, -0.05) is 0 Å². The third-order valence-electron chi connectivity index (χ3n) is 1.57. The molecule has 2 aromatic heterocycles. The Morgan fingerprint density at radius 1 is 1.23 bits per heavy atom. The molecule has 0 N–H and O–H groups in total. The first-order chi connectivity index (χ1) is 6.25. The van der Waals surface area contributed by atoms with Gasteiger partial charge < -0.3 is 4.42 Å². The summed E-state index contributed by atoms with van der Waals surface area (Å²) in [5.41, 5.74) is 0.537. The van der Waals surface area contributed by atoms with Crippen LogP contribution in [0, 0.1) is 12.7 Å². The normalized spacial score (nSPS) is 10.3. The highest BCUT2D eigenvalue weighted by Crippen LogP contribution is 2.15. The average molecular weight is 178 g/mol. The number of aromatic nitrogens is 2. The molecule has 0 bridgehead atoms. The summed E-state index contributed by atoms with van der Waals surface area (Å²) in [6.45, 7) is 1.79. The van der Waals surface area contributed by atoms with E-state index in [0.29, 0.717) is 17.3 Å². The third-order valence-corrected chi connectivity index (χ3v) is 1.57. The molecule has 4 heteroatoms. The Morgan fingerprint density at radius 2 is 2.08 bits per heavy atom. The van der Waals surface area contributed by atoms with E-state index in [4.69, 9.17) is 4.42 Å². The van der Waals surface area contributed by atoms with Crippen LogP contribution in [0.2, 0.25) is 0 Å². The van der Waals surface area contributed by atoms with Crippen molar-refractivity contribution < 1.29 is 8.81 Å². The van der Waals surface area contributed by atoms with Crippen LogP contribution in [0.25, 0.3) is 11.6 Å². The first kappa shape index (κ1) is 7.91. The highest BCUT2D eigenvalue weighted by molar-refractivity contribution is 5.45. The van der Waals surface area contributed by atoms with Crippen molar-refractivity contribution in [2.24, 2.45) is 0 Å². The van der Waals surface area contributed by atoms with Crippen LogP contribution >= 0.6 is 0 Å². The average Bonchev–Trinajstić information content (AvgIpc) is 2.53. The number of nitrogens with zero attached hydrogens (tertiary/aromatic N) is 2. The second-order valence-corrected chi connectivity index (χ2v) is 2.64. The molecule has 2 aromatic rings. The molecule has 0 saturated heterocycles. The topological polar surface area (TPSA) is 38.9 Å². The zero-order valence-electron chi connectivity index (χ0n) is 6.99. The lowest BCUT2D eigenvalue weighted by atomic mass is 10.3. The highest BCUT2D eigenvalue weighted by Gasteiger charge is 2.04. The molecule has 0 saturated carbocycles. The van der Waals surface area contributed by atoms with Gasteiger partial charge in [0, 0.05) is 0 Å². The molecule has 0 amide bonds. The Balaban J connectivity index is 2.41. The summed E-state index contributed by atoms with van der Waals surface area (Å²) in [5, 5.41) is 0. The van der Waals surface area contributed by atoms with Gasteiger partial charge in [0.2, 0.25) is 5.89 Å². The van der Waals surface area contributed by atoms with E-state index in [9.17, 15) is 4.39 Å². The molecule has 0 spiro atoms. The maximum Gasteiger partial charge on any atom is 0.245 e. The van der Waals surface area contributed by atoms with Crippen molar-refractivity contribution in [2.45, 2.75) is 6.92 Å².